The van der Waals surface area contributed by atoms with Crippen molar-refractivity contribution in [1.29, 1.82) is 0 Å². The lowest BCUT2D eigenvalue weighted by Gasteiger charge is -2.17. The van der Waals surface area contributed by atoms with Crippen LogP contribution in [0, 0.1) is 6.92 Å². The van der Waals surface area contributed by atoms with Crippen molar-refractivity contribution in [1.82, 2.24) is 4.90 Å². The summed E-state index contributed by atoms with van der Waals surface area (Å²) in [7, 11) is 3.00. The maximum absolute atomic E-state index is 12.1. The lowest BCUT2D eigenvalue weighted by molar-refractivity contribution is -0.140. The SMILES string of the molecule is COC(=O)CCCN(C)C(=O)c1ccc(C)c(O)c1. The van der Waals surface area contributed by atoms with Crippen LogP contribution in [0.2, 0.25) is 0 Å². The fourth-order valence-electron chi connectivity index (χ4n) is 1.63. The van der Waals surface area contributed by atoms with Crippen LogP contribution in [-0.4, -0.2) is 42.6 Å². The minimum atomic E-state index is -0.283. The zero-order valence-electron chi connectivity index (χ0n) is 11.5. The summed E-state index contributed by atoms with van der Waals surface area (Å²) in [6, 6.07) is 4.83. The van der Waals surface area contributed by atoms with Crippen LogP contribution in [0.5, 0.6) is 5.75 Å². The number of hydrogen-bond acceptors (Lipinski definition) is 4. The molecule has 0 spiro atoms. The largest absolute Gasteiger partial charge is 0.508 e. The molecule has 0 atom stereocenters. The topological polar surface area (TPSA) is 66.8 Å². The lowest BCUT2D eigenvalue weighted by Crippen LogP contribution is -2.28. The Labute approximate surface area is 112 Å². The molecule has 0 unspecified atom stereocenters. The summed E-state index contributed by atoms with van der Waals surface area (Å²) < 4.78 is 4.53. The van der Waals surface area contributed by atoms with Crippen molar-refractivity contribution >= 4 is 11.9 Å². The van der Waals surface area contributed by atoms with Gasteiger partial charge in [-0.05, 0) is 31.0 Å². The Kier molecular flexibility index (Phi) is 5.36. The molecule has 5 nitrogen and oxygen atoms in total. The molecule has 0 heterocycles. The molecule has 0 radical (unpaired) electrons. The summed E-state index contributed by atoms with van der Waals surface area (Å²) in [6.45, 7) is 2.23. The maximum Gasteiger partial charge on any atom is 0.305 e. The van der Waals surface area contributed by atoms with E-state index < -0.39 is 0 Å². The number of amides is 1. The van der Waals surface area contributed by atoms with Crippen LogP contribution in [0.1, 0.15) is 28.8 Å². The average Bonchev–Trinajstić information content (AvgIpc) is 2.40. The van der Waals surface area contributed by atoms with Gasteiger partial charge in [0.25, 0.3) is 5.91 Å². The smallest absolute Gasteiger partial charge is 0.305 e. The second-order valence-corrected chi connectivity index (χ2v) is 4.41. The summed E-state index contributed by atoms with van der Waals surface area (Å²) in [5.41, 5.74) is 1.16. The van der Waals surface area contributed by atoms with E-state index in [1.54, 1.807) is 26.1 Å². The van der Waals surface area contributed by atoms with Gasteiger partial charge in [0.1, 0.15) is 5.75 Å². The summed E-state index contributed by atoms with van der Waals surface area (Å²) in [6.07, 6.45) is 0.833. The fraction of sp³-hybridized carbons (Fsp3) is 0.429. The molecular formula is C14H19NO4. The fourth-order valence-corrected chi connectivity index (χ4v) is 1.63. The molecule has 104 valence electrons. The molecule has 1 aromatic carbocycles. The molecule has 19 heavy (non-hydrogen) atoms. The molecule has 0 aliphatic carbocycles. The summed E-state index contributed by atoms with van der Waals surface area (Å²) in [5.74, 6) is -0.359. The molecule has 1 rings (SSSR count). The maximum atomic E-state index is 12.1. The van der Waals surface area contributed by atoms with E-state index in [-0.39, 0.29) is 24.0 Å². The number of esters is 1. The third-order valence-corrected chi connectivity index (χ3v) is 2.90. The molecule has 1 N–H and O–H groups in total. The van der Waals surface area contributed by atoms with Gasteiger partial charge in [-0.25, -0.2) is 0 Å². The molecule has 0 aromatic heterocycles. The second-order valence-electron chi connectivity index (χ2n) is 4.41. The predicted molar refractivity (Wildman–Crippen MR) is 71.1 cm³/mol. The van der Waals surface area contributed by atoms with Crippen LogP contribution in [0.25, 0.3) is 0 Å². The highest BCUT2D eigenvalue weighted by molar-refractivity contribution is 5.94. The molecule has 0 bridgehead atoms. The van der Waals surface area contributed by atoms with Crippen molar-refractivity contribution in [2.45, 2.75) is 19.8 Å². The van der Waals surface area contributed by atoms with Crippen molar-refractivity contribution in [3.63, 3.8) is 0 Å². The van der Waals surface area contributed by atoms with Crippen LogP contribution in [0.4, 0.5) is 0 Å². The van der Waals surface area contributed by atoms with E-state index in [9.17, 15) is 14.7 Å². The molecular weight excluding hydrogens is 246 g/mol. The molecule has 0 fully saturated rings. The van der Waals surface area contributed by atoms with Crippen molar-refractivity contribution in [2.24, 2.45) is 0 Å². The Morgan fingerprint density at radius 1 is 1.37 bits per heavy atom. The van der Waals surface area contributed by atoms with Crippen molar-refractivity contribution < 1.29 is 19.4 Å². The highest BCUT2D eigenvalue weighted by Gasteiger charge is 2.13. The summed E-state index contributed by atoms with van der Waals surface area (Å²) in [5, 5.41) is 9.58. The average molecular weight is 265 g/mol. The number of carbonyl (C=O) groups is 2. The van der Waals surface area contributed by atoms with E-state index in [1.807, 2.05) is 0 Å². The molecule has 0 saturated heterocycles. The standard InChI is InChI=1S/C14H19NO4/c1-10-6-7-11(9-12(10)16)14(18)15(2)8-4-5-13(17)19-3/h6-7,9,16H,4-5,8H2,1-3H3. The minimum absolute atomic E-state index is 0.105. The number of aryl methyl sites for hydroxylation is 1. The minimum Gasteiger partial charge on any atom is -0.508 e. The van der Waals surface area contributed by atoms with Gasteiger partial charge in [0.05, 0.1) is 7.11 Å². The second kappa shape index (κ2) is 6.78. The third-order valence-electron chi connectivity index (χ3n) is 2.90. The Morgan fingerprint density at radius 2 is 2.05 bits per heavy atom. The number of benzene rings is 1. The molecule has 0 aliphatic heterocycles. The Balaban J connectivity index is 2.56. The first-order valence-corrected chi connectivity index (χ1v) is 6.07. The van der Waals surface area contributed by atoms with E-state index in [0.29, 0.717) is 18.5 Å². The Morgan fingerprint density at radius 3 is 2.63 bits per heavy atom. The van der Waals surface area contributed by atoms with Crippen LogP contribution in [0.15, 0.2) is 18.2 Å². The number of methoxy groups -OCH3 is 1. The van der Waals surface area contributed by atoms with Crippen LogP contribution in [-0.2, 0) is 9.53 Å². The normalized spacial score (nSPS) is 10.1. The number of aromatic hydroxyl groups is 1. The number of nitrogens with zero attached hydrogens (tertiary/aromatic N) is 1. The van der Waals surface area contributed by atoms with Gasteiger partial charge in [-0.2, -0.15) is 0 Å². The number of phenols is 1. The molecule has 0 aliphatic rings. The molecule has 5 heteroatoms. The lowest BCUT2D eigenvalue weighted by atomic mass is 10.1. The summed E-state index contributed by atoms with van der Waals surface area (Å²) >= 11 is 0. The molecule has 1 amide bonds. The van der Waals surface area contributed by atoms with Crippen LogP contribution < -0.4 is 0 Å². The molecule has 1 aromatic rings. The highest BCUT2D eigenvalue weighted by atomic mass is 16.5. The third kappa shape index (κ3) is 4.28. The van der Waals surface area contributed by atoms with Gasteiger partial charge in [-0.1, -0.05) is 6.07 Å². The van der Waals surface area contributed by atoms with Crippen LogP contribution >= 0.6 is 0 Å². The van der Waals surface area contributed by atoms with E-state index in [2.05, 4.69) is 4.74 Å². The number of ether oxygens (including phenoxy) is 1. The number of rotatable bonds is 5. The van der Waals surface area contributed by atoms with E-state index >= 15 is 0 Å². The summed E-state index contributed by atoms with van der Waals surface area (Å²) in [4.78, 5) is 24.5. The predicted octanol–water partition coefficient (Wildman–Crippen LogP) is 1.73. The van der Waals surface area contributed by atoms with Gasteiger partial charge in [0, 0.05) is 25.6 Å². The Bertz CT molecular complexity index is 471. The van der Waals surface area contributed by atoms with E-state index in [0.717, 1.165) is 5.56 Å². The Hall–Kier alpha value is -2.04. The van der Waals surface area contributed by atoms with Crippen molar-refractivity contribution in [2.75, 3.05) is 20.7 Å². The van der Waals surface area contributed by atoms with Gasteiger partial charge < -0.3 is 14.7 Å². The van der Waals surface area contributed by atoms with Crippen molar-refractivity contribution in [3.8, 4) is 5.75 Å². The zero-order chi connectivity index (χ0) is 14.4. The number of phenolic OH excluding ortho intramolecular Hbond substituents is 1. The zero-order valence-corrected chi connectivity index (χ0v) is 11.5. The number of carbonyl (C=O) groups excluding carboxylic acids is 2. The quantitative estimate of drug-likeness (QED) is 0.823. The first-order chi connectivity index (χ1) is 8.95. The first-order valence-electron chi connectivity index (χ1n) is 6.07. The van der Waals surface area contributed by atoms with Gasteiger partial charge in [0.15, 0.2) is 0 Å². The van der Waals surface area contributed by atoms with Gasteiger partial charge in [-0.15, -0.1) is 0 Å². The van der Waals surface area contributed by atoms with E-state index in [4.69, 9.17) is 0 Å². The number of hydrogen-bond donors (Lipinski definition) is 1. The van der Waals surface area contributed by atoms with Gasteiger partial charge in [0.2, 0.25) is 0 Å². The van der Waals surface area contributed by atoms with E-state index in [1.165, 1.54) is 18.1 Å². The van der Waals surface area contributed by atoms with Crippen molar-refractivity contribution in [3.05, 3.63) is 29.3 Å². The highest BCUT2D eigenvalue weighted by Crippen LogP contribution is 2.18. The first kappa shape index (κ1) is 15.0. The molecule has 0 saturated carbocycles. The van der Waals surface area contributed by atoms with Gasteiger partial charge >= 0.3 is 5.97 Å². The van der Waals surface area contributed by atoms with Crippen LogP contribution in [0.3, 0.4) is 0 Å². The van der Waals surface area contributed by atoms with Gasteiger partial charge in [-0.3, -0.25) is 9.59 Å². The monoisotopic (exact) mass is 265 g/mol.